The van der Waals surface area contributed by atoms with Gasteiger partial charge in [0.1, 0.15) is 0 Å². The molecule has 4 unspecified atom stereocenters. The molecule has 72 valence electrons. The number of carboxylic acid groups (broad SMARTS) is 1. The molecule has 3 rings (SSSR count). The van der Waals surface area contributed by atoms with E-state index in [0.29, 0.717) is 5.92 Å². The molecule has 3 aliphatic rings. The largest absolute Gasteiger partial charge is 0.481 e. The van der Waals surface area contributed by atoms with E-state index in [-0.39, 0.29) is 11.5 Å². The molecule has 0 amide bonds. The minimum atomic E-state index is -0.621. The summed E-state index contributed by atoms with van der Waals surface area (Å²) in [4.78, 5) is 11.1. The fourth-order valence-corrected chi connectivity index (χ4v) is 4.03. The molecule has 13 heavy (non-hydrogen) atoms. The molecular formula is C10H14O3. The molecule has 0 aromatic carbocycles. The molecule has 0 saturated heterocycles. The van der Waals surface area contributed by atoms with E-state index in [1.165, 1.54) is 0 Å². The molecule has 3 aliphatic carbocycles. The summed E-state index contributed by atoms with van der Waals surface area (Å²) in [6.07, 6.45) is 4.02. The summed E-state index contributed by atoms with van der Waals surface area (Å²) in [5.41, 5.74) is -0.420. The summed E-state index contributed by atoms with van der Waals surface area (Å²) in [6.45, 7) is 0. The smallest absolute Gasteiger partial charge is 0.310 e. The van der Waals surface area contributed by atoms with Gasteiger partial charge in [0, 0.05) is 0 Å². The highest BCUT2D eigenvalue weighted by Gasteiger charge is 2.77. The van der Waals surface area contributed by atoms with Crippen LogP contribution in [-0.4, -0.2) is 22.3 Å². The van der Waals surface area contributed by atoms with Crippen molar-refractivity contribution in [2.75, 3.05) is 0 Å². The Balaban J connectivity index is 1.96. The van der Waals surface area contributed by atoms with Crippen LogP contribution in [0.15, 0.2) is 0 Å². The van der Waals surface area contributed by atoms with Gasteiger partial charge in [-0.05, 0) is 43.4 Å². The first-order chi connectivity index (χ1) is 6.08. The van der Waals surface area contributed by atoms with Gasteiger partial charge >= 0.3 is 5.97 Å². The van der Waals surface area contributed by atoms with E-state index in [1.54, 1.807) is 0 Å². The first-order valence-corrected chi connectivity index (χ1v) is 4.99. The van der Waals surface area contributed by atoms with Crippen molar-refractivity contribution in [2.24, 2.45) is 16.7 Å². The number of aliphatic hydroxyl groups excluding tert-OH is 1. The molecule has 3 nitrogen and oxygen atoms in total. The zero-order valence-electron chi connectivity index (χ0n) is 7.49. The van der Waals surface area contributed by atoms with Crippen LogP contribution in [0.2, 0.25) is 0 Å². The highest BCUT2D eigenvalue weighted by molar-refractivity contribution is 5.81. The van der Waals surface area contributed by atoms with Crippen molar-refractivity contribution in [2.45, 2.75) is 38.2 Å². The Labute approximate surface area is 76.8 Å². The van der Waals surface area contributed by atoms with Crippen molar-refractivity contribution in [3.8, 4) is 0 Å². The van der Waals surface area contributed by atoms with E-state index in [0.717, 1.165) is 32.1 Å². The Morgan fingerprint density at radius 1 is 1.31 bits per heavy atom. The second kappa shape index (κ2) is 1.92. The van der Waals surface area contributed by atoms with Gasteiger partial charge < -0.3 is 10.2 Å². The van der Waals surface area contributed by atoms with Gasteiger partial charge in [0.15, 0.2) is 0 Å². The number of hydrogen-bond donors (Lipinski definition) is 2. The molecule has 0 aromatic heterocycles. The maximum absolute atomic E-state index is 11.1. The van der Waals surface area contributed by atoms with Gasteiger partial charge in [-0.2, -0.15) is 0 Å². The lowest BCUT2D eigenvalue weighted by atomic mass is 9.81. The Morgan fingerprint density at radius 3 is 2.77 bits per heavy atom. The average Bonchev–Trinajstić information content (AvgIpc) is 2.49. The van der Waals surface area contributed by atoms with Gasteiger partial charge in [-0.25, -0.2) is 0 Å². The van der Waals surface area contributed by atoms with Gasteiger partial charge in [0.25, 0.3) is 0 Å². The molecule has 0 radical (unpaired) electrons. The van der Waals surface area contributed by atoms with Crippen molar-refractivity contribution in [1.82, 2.24) is 0 Å². The zero-order chi connectivity index (χ0) is 9.27. The lowest BCUT2D eigenvalue weighted by Gasteiger charge is -2.27. The van der Waals surface area contributed by atoms with E-state index < -0.39 is 11.4 Å². The number of carboxylic acids is 1. The van der Waals surface area contributed by atoms with Crippen molar-refractivity contribution in [1.29, 1.82) is 0 Å². The lowest BCUT2D eigenvalue weighted by molar-refractivity contribution is -0.144. The molecule has 2 bridgehead atoms. The molecule has 1 spiro atoms. The summed E-state index contributed by atoms with van der Waals surface area (Å²) < 4.78 is 0. The maximum Gasteiger partial charge on any atom is 0.310 e. The van der Waals surface area contributed by atoms with E-state index in [4.69, 9.17) is 5.11 Å². The third-order valence-corrected chi connectivity index (χ3v) is 4.49. The van der Waals surface area contributed by atoms with Crippen LogP contribution in [0.3, 0.4) is 0 Å². The quantitative estimate of drug-likeness (QED) is 0.636. The molecule has 3 fully saturated rings. The fourth-order valence-electron chi connectivity index (χ4n) is 4.03. The first-order valence-electron chi connectivity index (χ1n) is 4.99. The van der Waals surface area contributed by atoms with Gasteiger partial charge in [-0.1, -0.05) is 0 Å². The van der Waals surface area contributed by atoms with Gasteiger partial charge in [-0.15, -0.1) is 0 Å². The van der Waals surface area contributed by atoms with Gasteiger partial charge in [0.05, 0.1) is 11.5 Å². The van der Waals surface area contributed by atoms with Gasteiger partial charge in [0.2, 0.25) is 0 Å². The van der Waals surface area contributed by atoms with Crippen LogP contribution in [0.1, 0.15) is 32.1 Å². The third kappa shape index (κ3) is 0.725. The van der Waals surface area contributed by atoms with E-state index in [9.17, 15) is 9.90 Å². The fraction of sp³-hybridized carbons (Fsp3) is 0.900. The lowest BCUT2D eigenvalue weighted by Crippen LogP contribution is -2.24. The Kier molecular flexibility index (Phi) is 1.15. The Hall–Kier alpha value is -0.570. The molecular weight excluding hydrogens is 168 g/mol. The number of fused-ring (bicyclic) bond motifs is 1. The molecule has 0 aliphatic heterocycles. The normalized spacial score (nSPS) is 57.3. The molecule has 0 heterocycles. The van der Waals surface area contributed by atoms with E-state index in [2.05, 4.69) is 0 Å². The monoisotopic (exact) mass is 182 g/mol. The third-order valence-electron chi connectivity index (χ3n) is 4.49. The van der Waals surface area contributed by atoms with Crippen LogP contribution in [0.5, 0.6) is 0 Å². The SMILES string of the molecule is O=C(O)C12CC3CC(O)CC1(C3)C2. The van der Waals surface area contributed by atoms with Crippen LogP contribution in [0.4, 0.5) is 0 Å². The van der Waals surface area contributed by atoms with Crippen LogP contribution < -0.4 is 0 Å². The van der Waals surface area contributed by atoms with Crippen molar-refractivity contribution in [3.05, 3.63) is 0 Å². The van der Waals surface area contributed by atoms with Crippen molar-refractivity contribution < 1.29 is 15.0 Å². The maximum atomic E-state index is 11.1. The van der Waals surface area contributed by atoms with E-state index >= 15 is 0 Å². The molecule has 4 atom stereocenters. The second-order valence-corrected chi connectivity index (χ2v) is 5.21. The predicted molar refractivity (Wildman–Crippen MR) is 45.1 cm³/mol. The predicted octanol–water partition coefficient (Wildman–Crippen LogP) is 1.01. The zero-order valence-corrected chi connectivity index (χ0v) is 7.49. The topological polar surface area (TPSA) is 57.5 Å². The van der Waals surface area contributed by atoms with Crippen LogP contribution in [-0.2, 0) is 4.79 Å². The summed E-state index contributed by atoms with van der Waals surface area (Å²) >= 11 is 0. The van der Waals surface area contributed by atoms with Crippen LogP contribution in [0.25, 0.3) is 0 Å². The number of hydrogen-bond acceptors (Lipinski definition) is 2. The minimum Gasteiger partial charge on any atom is -0.481 e. The van der Waals surface area contributed by atoms with Crippen LogP contribution in [0, 0.1) is 16.7 Å². The Bertz CT molecular complexity index is 288. The molecule has 3 heteroatoms. The number of aliphatic hydroxyl groups is 1. The minimum absolute atomic E-state index is 0.00116. The highest BCUT2D eigenvalue weighted by Crippen LogP contribution is 2.79. The number of rotatable bonds is 1. The number of carbonyl (C=O) groups is 1. The molecule has 0 aromatic rings. The number of aliphatic carboxylic acids is 1. The average molecular weight is 182 g/mol. The van der Waals surface area contributed by atoms with Crippen molar-refractivity contribution >= 4 is 5.97 Å². The second-order valence-electron chi connectivity index (χ2n) is 5.21. The summed E-state index contributed by atoms with van der Waals surface area (Å²) in [5.74, 6) is -0.141. The first kappa shape index (κ1) is 7.80. The summed E-state index contributed by atoms with van der Waals surface area (Å²) in [5, 5.41) is 18.7. The Morgan fingerprint density at radius 2 is 2.08 bits per heavy atom. The summed E-state index contributed by atoms with van der Waals surface area (Å²) in [6, 6.07) is 0. The van der Waals surface area contributed by atoms with Gasteiger partial charge in [-0.3, -0.25) is 4.79 Å². The summed E-state index contributed by atoms with van der Waals surface area (Å²) in [7, 11) is 0. The van der Waals surface area contributed by atoms with E-state index in [1.807, 2.05) is 0 Å². The molecule has 3 saturated carbocycles. The highest BCUT2D eigenvalue weighted by atomic mass is 16.4. The van der Waals surface area contributed by atoms with Crippen molar-refractivity contribution in [3.63, 3.8) is 0 Å². The standard InChI is InChI=1S/C10H14O3/c11-7-1-6-2-9(4-7)5-10(9,3-6)8(12)13/h6-7,11H,1-5H2,(H,12,13). The molecule has 2 N–H and O–H groups in total. The van der Waals surface area contributed by atoms with Crippen LogP contribution >= 0.6 is 0 Å².